The van der Waals surface area contributed by atoms with E-state index in [1.54, 1.807) is 37.3 Å². The van der Waals surface area contributed by atoms with Crippen molar-refractivity contribution in [2.24, 2.45) is 0 Å². The third-order valence-corrected chi connectivity index (χ3v) is 5.31. The highest BCUT2D eigenvalue weighted by Gasteiger charge is 2.50. The molecule has 8 heteroatoms. The summed E-state index contributed by atoms with van der Waals surface area (Å²) >= 11 is 3.41. The Bertz CT molecular complexity index is 962. The minimum atomic E-state index is -1.25. The van der Waals surface area contributed by atoms with Crippen LogP contribution in [0.3, 0.4) is 0 Å². The first-order valence-corrected chi connectivity index (χ1v) is 9.39. The summed E-state index contributed by atoms with van der Waals surface area (Å²) in [5.41, 5.74) is 0.788. The van der Waals surface area contributed by atoms with E-state index >= 15 is 0 Å². The van der Waals surface area contributed by atoms with Gasteiger partial charge in [-0.15, -0.1) is 0 Å². The Kier molecular flexibility index (Phi) is 5.42. The minimum Gasteiger partial charge on any atom is -0.495 e. The first-order valence-electron chi connectivity index (χ1n) is 8.60. The molecule has 0 saturated carbocycles. The summed E-state index contributed by atoms with van der Waals surface area (Å²) in [7, 11) is 1.50. The zero-order valence-corrected chi connectivity index (χ0v) is 17.3. The molecule has 1 heterocycles. The second kappa shape index (κ2) is 7.63. The van der Waals surface area contributed by atoms with Gasteiger partial charge in [-0.1, -0.05) is 40.2 Å². The molecule has 0 radical (unpaired) electrons. The SMILES string of the molecule is COc1ccc(C)cc1NC(=O)CN1C(=O)N[C@@](C)(c2ccccc2Br)C1=O. The molecular weight excluding hydrogens is 426 g/mol. The summed E-state index contributed by atoms with van der Waals surface area (Å²) in [6.45, 7) is 3.10. The molecule has 1 saturated heterocycles. The van der Waals surface area contributed by atoms with Crippen LogP contribution in [0.5, 0.6) is 5.75 Å². The van der Waals surface area contributed by atoms with Gasteiger partial charge >= 0.3 is 6.03 Å². The number of amides is 4. The van der Waals surface area contributed by atoms with Crippen LogP contribution in [0.4, 0.5) is 10.5 Å². The predicted molar refractivity (Wildman–Crippen MR) is 108 cm³/mol. The van der Waals surface area contributed by atoms with E-state index in [1.165, 1.54) is 7.11 Å². The monoisotopic (exact) mass is 445 g/mol. The van der Waals surface area contributed by atoms with Crippen molar-refractivity contribution in [1.29, 1.82) is 0 Å². The van der Waals surface area contributed by atoms with Crippen molar-refractivity contribution in [3.05, 3.63) is 58.1 Å². The summed E-state index contributed by atoms with van der Waals surface area (Å²) < 4.78 is 5.93. The number of hydrogen-bond acceptors (Lipinski definition) is 4. The molecular formula is C20H20BrN3O4. The number of nitrogens with one attached hydrogen (secondary N) is 2. The average Bonchev–Trinajstić information content (AvgIpc) is 2.86. The summed E-state index contributed by atoms with van der Waals surface area (Å²) in [6.07, 6.45) is 0. The van der Waals surface area contributed by atoms with Gasteiger partial charge in [-0.3, -0.25) is 14.5 Å². The van der Waals surface area contributed by atoms with Crippen LogP contribution in [0.2, 0.25) is 0 Å². The summed E-state index contributed by atoms with van der Waals surface area (Å²) in [6, 6.07) is 11.9. The molecule has 3 rings (SSSR count). The molecule has 28 heavy (non-hydrogen) atoms. The van der Waals surface area contributed by atoms with Crippen molar-refractivity contribution in [2.75, 3.05) is 19.0 Å². The predicted octanol–water partition coefficient (Wildman–Crippen LogP) is 3.17. The minimum absolute atomic E-state index is 0.401. The normalized spacial score (nSPS) is 18.8. The number of benzene rings is 2. The maximum absolute atomic E-state index is 13.0. The number of rotatable bonds is 5. The molecule has 2 aromatic carbocycles. The number of nitrogens with zero attached hydrogens (tertiary/aromatic N) is 1. The van der Waals surface area contributed by atoms with Crippen LogP contribution in [-0.4, -0.2) is 36.4 Å². The number of ether oxygens (including phenoxy) is 1. The van der Waals surface area contributed by atoms with Gasteiger partial charge in [0.1, 0.15) is 17.8 Å². The zero-order chi connectivity index (χ0) is 20.5. The van der Waals surface area contributed by atoms with E-state index in [-0.39, 0.29) is 0 Å². The topological polar surface area (TPSA) is 87.7 Å². The van der Waals surface area contributed by atoms with E-state index in [9.17, 15) is 14.4 Å². The van der Waals surface area contributed by atoms with Gasteiger partial charge in [0.2, 0.25) is 5.91 Å². The van der Waals surface area contributed by atoms with E-state index in [0.29, 0.717) is 21.5 Å². The van der Waals surface area contributed by atoms with Crippen LogP contribution in [0.1, 0.15) is 18.1 Å². The standard InChI is InChI=1S/C20H20BrN3O4/c1-12-8-9-16(28-3)15(10-12)22-17(25)11-24-18(26)20(2,23-19(24)27)13-6-4-5-7-14(13)21/h4-10H,11H2,1-3H3,(H,22,25)(H,23,27)/t20-/m0/s1. The largest absolute Gasteiger partial charge is 0.495 e. The zero-order valence-electron chi connectivity index (χ0n) is 15.7. The van der Waals surface area contributed by atoms with Gasteiger partial charge in [-0.05, 0) is 37.6 Å². The van der Waals surface area contributed by atoms with Gasteiger partial charge in [-0.2, -0.15) is 0 Å². The number of imide groups is 1. The Labute approximate surface area is 171 Å². The van der Waals surface area contributed by atoms with Crippen molar-refractivity contribution < 1.29 is 19.1 Å². The number of urea groups is 1. The lowest BCUT2D eigenvalue weighted by Crippen LogP contribution is -2.42. The molecule has 1 atom stereocenters. The Balaban J connectivity index is 1.79. The smallest absolute Gasteiger partial charge is 0.325 e. The van der Waals surface area contributed by atoms with E-state index in [2.05, 4.69) is 26.6 Å². The quantitative estimate of drug-likeness (QED) is 0.691. The molecule has 0 bridgehead atoms. The van der Waals surface area contributed by atoms with Gasteiger partial charge in [0.15, 0.2) is 0 Å². The highest BCUT2D eigenvalue weighted by Crippen LogP contribution is 2.33. The van der Waals surface area contributed by atoms with Gasteiger partial charge in [0, 0.05) is 10.0 Å². The second-order valence-electron chi connectivity index (χ2n) is 6.68. The molecule has 0 aromatic heterocycles. The van der Waals surface area contributed by atoms with Crippen molar-refractivity contribution in [2.45, 2.75) is 19.4 Å². The van der Waals surface area contributed by atoms with E-state index in [1.807, 2.05) is 19.1 Å². The fraction of sp³-hybridized carbons (Fsp3) is 0.250. The fourth-order valence-electron chi connectivity index (χ4n) is 3.14. The number of halogens is 1. The van der Waals surface area contributed by atoms with Crippen molar-refractivity contribution in [3.8, 4) is 5.75 Å². The van der Waals surface area contributed by atoms with Gasteiger partial charge in [0.05, 0.1) is 12.8 Å². The molecule has 4 amide bonds. The number of hydrogen-bond donors (Lipinski definition) is 2. The van der Waals surface area contributed by atoms with Gasteiger partial charge < -0.3 is 15.4 Å². The van der Waals surface area contributed by atoms with Crippen LogP contribution in [0.15, 0.2) is 46.9 Å². The number of anilines is 1. The van der Waals surface area contributed by atoms with Crippen LogP contribution in [0, 0.1) is 6.92 Å². The van der Waals surface area contributed by atoms with E-state index < -0.39 is 29.9 Å². The summed E-state index contributed by atoms with van der Waals surface area (Å²) in [4.78, 5) is 38.8. The van der Waals surface area contributed by atoms with Crippen molar-refractivity contribution in [1.82, 2.24) is 10.2 Å². The molecule has 1 fully saturated rings. The third-order valence-electron chi connectivity index (χ3n) is 4.62. The Morgan fingerprint density at radius 3 is 2.64 bits per heavy atom. The highest BCUT2D eigenvalue weighted by atomic mass is 79.9. The molecule has 0 aliphatic carbocycles. The molecule has 1 aliphatic rings. The van der Waals surface area contributed by atoms with Crippen molar-refractivity contribution in [3.63, 3.8) is 0 Å². The molecule has 7 nitrogen and oxygen atoms in total. The van der Waals surface area contributed by atoms with Crippen LogP contribution < -0.4 is 15.4 Å². The molecule has 1 aliphatic heterocycles. The molecule has 2 N–H and O–H groups in total. The Morgan fingerprint density at radius 1 is 1.25 bits per heavy atom. The molecule has 0 unspecified atom stereocenters. The third kappa shape index (κ3) is 3.60. The van der Waals surface area contributed by atoms with Crippen LogP contribution in [-0.2, 0) is 15.1 Å². The maximum Gasteiger partial charge on any atom is 0.325 e. The average molecular weight is 446 g/mol. The highest BCUT2D eigenvalue weighted by molar-refractivity contribution is 9.10. The number of carbonyl (C=O) groups excluding carboxylic acids is 3. The molecule has 146 valence electrons. The number of aryl methyl sites for hydroxylation is 1. The van der Waals surface area contributed by atoms with Crippen molar-refractivity contribution >= 4 is 39.5 Å². The lowest BCUT2D eigenvalue weighted by atomic mass is 9.92. The van der Waals surface area contributed by atoms with E-state index in [0.717, 1.165) is 10.5 Å². The lowest BCUT2D eigenvalue weighted by molar-refractivity contribution is -0.133. The Hall–Kier alpha value is -2.87. The lowest BCUT2D eigenvalue weighted by Gasteiger charge is -2.23. The van der Waals surface area contributed by atoms with Crippen LogP contribution >= 0.6 is 15.9 Å². The maximum atomic E-state index is 13.0. The van der Waals surface area contributed by atoms with Gasteiger partial charge in [-0.25, -0.2) is 4.79 Å². The number of carbonyl (C=O) groups is 3. The van der Waals surface area contributed by atoms with E-state index in [4.69, 9.17) is 4.74 Å². The van der Waals surface area contributed by atoms with Gasteiger partial charge in [0.25, 0.3) is 5.91 Å². The summed E-state index contributed by atoms with van der Waals surface area (Å²) in [5.74, 6) is -0.492. The first-order chi connectivity index (χ1) is 13.3. The first kappa shape index (κ1) is 19.9. The number of methoxy groups -OCH3 is 1. The second-order valence-corrected chi connectivity index (χ2v) is 7.53. The molecule has 2 aromatic rings. The summed E-state index contributed by atoms with van der Waals surface area (Å²) in [5, 5.41) is 5.39. The van der Waals surface area contributed by atoms with Crippen LogP contribution in [0.25, 0.3) is 0 Å². The fourth-order valence-corrected chi connectivity index (χ4v) is 3.82. The Morgan fingerprint density at radius 2 is 1.96 bits per heavy atom. The molecule has 0 spiro atoms.